The Kier molecular flexibility index (Phi) is 5.39. The highest BCUT2D eigenvalue weighted by Crippen LogP contribution is 2.22. The molecular formula is C21H23ClN4O2. The maximum absolute atomic E-state index is 12.7. The van der Waals surface area contributed by atoms with Gasteiger partial charge in [0.2, 0.25) is 5.91 Å². The minimum Gasteiger partial charge on any atom is -0.368 e. The SMILES string of the molecule is O=C(CN1CCN(c2ccc(Cl)cc2)C1=O)N1CCN(c2ccccc2)CC1. The Morgan fingerprint density at radius 3 is 2.18 bits per heavy atom. The van der Waals surface area contributed by atoms with Gasteiger partial charge in [-0.1, -0.05) is 29.8 Å². The van der Waals surface area contributed by atoms with Crippen LogP contribution < -0.4 is 9.80 Å². The number of carbonyl (C=O) groups excluding carboxylic acids is 2. The molecule has 7 heteroatoms. The number of para-hydroxylation sites is 1. The number of benzene rings is 2. The molecule has 0 radical (unpaired) electrons. The molecule has 0 N–H and O–H groups in total. The molecule has 0 bridgehead atoms. The van der Waals surface area contributed by atoms with Gasteiger partial charge in [-0.15, -0.1) is 0 Å². The first kappa shape index (κ1) is 18.6. The first-order chi connectivity index (χ1) is 13.6. The highest BCUT2D eigenvalue weighted by atomic mass is 35.5. The van der Waals surface area contributed by atoms with Crippen molar-refractivity contribution in [3.63, 3.8) is 0 Å². The van der Waals surface area contributed by atoms with Gasteiger partial charge in [0.1, 0.15) is 6.54 Å². The van der Waals surface area contributed by atoms with Crippen molar-refractivity contribution >= 4 is 34.9 Å². The van der Waals surface area contributed by atoms with Gasteiger partial charge in [-0.25, -0.2) is 4.79 Å². The number of nitrogens with zero attached hydrogens (tertiary/aromatic N) is 4. The molecule has 2 aliphatic heterocycles. The van der Waals surface area contributed by atoms with E-state index in [2.05, 4.69) is 17.0 Å². The Balaban J connectivity index is 1.31. The first-order valence-electron chi connectivity index (χ1n) is 9.51. The number of carbonyl (C=O) groups is 2. The summed E-state index contributed by atoms with van der Waals surface area (Å²) >= 11 is 5.92. The van der Waals surface area contributed by atoms with Crippen LogP contribution in [0, 0.1) is 0 Å². The molecule has 0 spiro atoms. The molecule has 3 amide bonds. The standard InChI is InChI=1S/C21H23ClN4O2/c22-17-6-8-19(9-7-17)26-15-14-25(21(26)28)16-20(27)24-12-10-23(11-13-24)18-4-2-1-3-5-18/h1-9H,10-16H2. The van der Waals surface area contributed by atoms with Gasteiger partial charge in [-0.05, 0) is 36.4 Å². The second-order valence-electron chi connectivity index (χ2n) is 7.04. The smallest absolute Gasteiger partial charge is 0.325 e. The molecule has 0 saturated carbocycles. The molecule has 146 valence electrons. The van der Waals surface area contributed by atoms with Gasteiger partial charge >= 0.3 is 6.03 Å². The Morgan fingerprint density at radius 2 is 1.50 bits per heavy atom. The number of anilines is 2. The quantitative estimate of drug-likeness (QED) is 0.795. The van der Waals surface area contributed by atoms with Gasteiger partial charge in [0, 0.05) is 55.7 Å². The van der Waals surface area contributed by atoms with Gasteiger partial charge in [0.05, 0.1) is 0 Å². The Labute approximate surface area is 169 Å². The van der Waals surface area contributed by atoms with Gasteiger partial charge in [0.15, 0.2) is 0 Å². The fourth-order valence-corrected chi connectivity index (χ4v) is 3.83. The van der Waals surface area contributed by atoms with E-state index in [1.54, 1.807) is 21.9 Å². The molecule has 2 heterocycles. The van der Waals surface area contributed by atoms with E-state index in [1.165, 1.54) is 5.69 Å². The lowest BCUT2D eigenvalue weighted by Crippen LogP contribution is -2.51. The summed E-state index contributed by atoms with van der Waals surface area (Å²) in [5.41, 5.74) is 1.99. The monoisotopic (exact) mass is 398 g/mol. The maximum Gasteiger partial charge on any atom is 0.325 e. The van der Waals surface area contributed by atoms with Crippen LogP contribution in [0.2, 0.25) is 5.02 Å². The fraction of sp³-hybridized carbons (Fsp3) is 0.333. The zero-order valence-electron chi connectivity index (χ0n) is 15.6. The van der Waals surface area contributed by atoms with Crippen LogP contribution in [-0.2, 0) is 4.79 Å². The average molecular weight is 399 g/mol. The lowest BCUT2D eigenvalue weighted by atomic mass is 10.2. The minimum atomic E-state index is -0.126. The topological polar surface area (TPSA) is 47.1 Å². The van der Waals surface area contributed by atoms with E-state index in [0.29, 0.717) is 31.2 Å². The molecule has 6 nitrogen and oxygen atoms in total. The second kappa shape index (κ2) is 8.10. The van der Waals surface area contributed by atoms with Gasteiger partial charge < -0.3 is 14.7 Å². The summed E-state index contributed by atoms with van der Waals surface area (Å²) in [5, 5.41) is 0.636. The highest BCUT2D eigenvalue weighted by molar-refractivity contribution is 6.30. The summed E-state index contributed by atoms with van der Waals surface area (Å²) in [7, 11) is 0. The van der Waals surface area contributed by atoms with Crippen LogP contribution in [0.25, 0.3) is 0 Å². The van der Waals surface area contributed by atoms with Crippen LogP contribution in [0.1, 0.15) is 0 Å². The number of hydrogen-bond donors (Lipinski definition) is 0. The molecule has 28 heavy (non-hydrogen) atoms. The number of halogens is 1. The molecule has 2 fully saturated rings. The van der Waals surface area contributed by atoms with E-state index in [1.807, 2.05) is 35.2 Å². The van der Waals surface area contributed by atoms with Crippen molar-refractivity contribution in [2.75, 3.05) is 55.6 Å². The average Bonchev–Trinajstić information content (AvgIpc) is 3.09. The summed E-state index contributed by atoms with van der Waals surface area (Å²) in [6.45, 7) is 4.23. The molecule has 0 atom stereocenters. The number of rotatable bonds is 4. The van der Waals surface area contributed by atoms with Crippen LogP contribution >= 0.6 is 11.6 Å². The number of piperazine rings is 1. The molecule has 2 aromatic carbocycles. The zero-order valence-corrected chi connectivity index (χ0v) is 16.4. The van der Waals surface area contributed by atoms with Crippen molar-refractivity contribution in [3.05, 3.63) is 59.6 Å². The molecule has 2 aliphatic rings. The summed E-state index contributed by atoms with van der Waals surface area (Å²) in [6, 6.07) is 17.3. The number of amides is 3. The molecule has 2 saturated heterocycles. The maximum atomic E-state index is 12.7. The molecular weight excluding hydrogens is 376 g/mol. The van der Waals surface area contributed by atoms with Crippen molar-refractivity contribution in [2.45, 2.75) is 0 Å². The van der Waals surface area contributed by atoms with Gasteiger partial charge in [0.25, 0.3) is 0 Å². The first-order valence-corrected chi connectivity index (χ1v) is 9.89. The third-order valence-electron chi connectivity index (χ3n) is 5.31. The molecule has 2 aromatic rings. The highest BCUT2D eigenvalue weighted by Gasteiger charge is 2.32. The summed E-state index contributed by atoms with van der Waals surface area (Å²) < 4.78 is 0. The van der Waals surface area contributed by atoms with Crippen LogP contribution in [0.15, 0.2) is 54.6 Å². The molecule has 0 unspecified atom stereocenters. The predicted octanol–water partition coefficient (Wildman–Crippen LogP) is 2.93. The lowest BCUT2D eigenvalue weighted by Gasteiger charge is -2.36. The van der Waals surface area contributed by atoms with Crippen LogP contribution in [0.5, 0.6) is 0 Å². The third kappa shape index (κ3) is 3.92. The normalized spacial score (nSPS) is 17.4. The summed E-state index contributed by atoms with van der Waals surface area (Å²) in [6.07, 6.45) is 0. The summed E-state index contributed by atoms with van der Waals surface area (Å²) in [5.74, 6) is 0.0130. The summed E-state index contributed by atoms with van der Waals surface area (Å²) in [4.78, 5) is 32.9. The zero-order chi connectivity index (χ0) is 19.5. The lowest BCUT2D eigenvalue weighted by molar-refractivity contribution is -0.131. The Morgan fingerprint density at radius 1 is 0.821 bits per heavy atom. The van der Waals surface area contributed by atoms with Crippen LogP contribution in [-0.4, -0.2) is 67.6 Å². The largest absolute Gasteiger partial charge is 0.368 e. The van der Waals surface area contributed by atoms with Crippen molar-refractivity contribution < 1.29 is 9.59 Å². The van der Waals surface area contributed by atoms with E-state index in [-0.39, 0.29) is 18.5 Å². The second-order valence-corrected chi connectivity index (χ2v) is 7.47. The number of hydrogen-bond acceptors (Lipinski definition) is 3. The van der Waals surface area contributed by atoms with Gasteiger partial charge in [-0.2, -0.15) is 0 Å². The number of urea groups is 1. The third-order valence-corrected chi connectivity index (χ3v) is 5.57. The molecule has 4 rings (SSSR count). The van der Waals surface area contributed by atoms with Gasteiger partial charge in [-0.3, -0.25) is 9.69 Å². The van der Waals surface area contributed by atoms with E-state index in [9.17, 15) is 9.59 Å². The predicted molar refractivity (Wildman–Crippen MR) is 111 cm³/mol. The van der Waals surface area contributed by atoms with E-state index < -0.39 is 0 Å². The minimum absolute atomic E-state index is 0.0130. The van der Waals surface area contributed by atoms with Crippen LogP contribution in [0.3, 0.4) is 0 Å². The van der Waals surface area contributed by atoms with Crippen molar-refractivity contribution in [3.8, 4) is 0 Å². The van der Waals surface area contributed by atoms with E-state index >= 15 is 0 Å². The van der Waals surface area contributed by atoms with Crippen LogP contribution in [0.4, 0.5) is 16.2 Å². The Hall–Kier alpha value is -2.73. The van der Waals surface area contributed by atoms with Crippen molar-refractivity contribution in [1.29, 1.82) is 0 Å². The molecule has 0 aliphatic carbocycles. The Bertz CT molecular complexity index is 835. The van der Waals surface area contributed by atoms with E-state index in [0.717, 1.165) is 18.8 Å². The van der Waals surface area contributed by atoms with Crippen molar-refractivity contribution in [2.24, 2.45) is 0 Å². The van der Waals surface area contributed by atoms with Crippen molar-refractivity contribution in [1.82, 2.24) is 9.80 Å². The fourth-order valence-electron chi connectivity index (χ4n) is 3.71. The molecule has 0 aromatic heterocycles. The van der Waals surface area contributed by atoms with E-state index in [4.69, 9.17) is 11.6 Å².